The number of nitriles is 1. The lowest BCUT2D eigenvalue weighted by Crippen LogP contribution is -2.07. The molecule has 0 aliphatic heterocycles. The van der Waals surface area contributed by atoms with Gasteiger partial charge in [-0.2, -0.15) is 5.26 Å². The van der Waals surface area contributed by atoms with Crippen molar-refractivity contribution < 1.29 is 9.21 Å². The van der Waals surface area contributed by atoms with Crippen LogP contribution in [0.15, 0.2) is 65.1 Å². The highest BCUT2D eigenvalue weighted by molar-refractivity contribution is 6.36. The van der Waals surface area contributed by atoms with Crippen molar-refractivity contribution in [3.63, 3.8) is 0 Å². The van der Waals surface area contributed by atoms with Crippen LogP contribution in [0.4, 0.5) is 5.69 Å². The van der Waals surface area contributed by atoms with E-state index in [1.807, 2.05) is 0 Å². The molecule has 0 radical (unpaired) electrons. The lowest BCUT2D eigenvalue weighted by atomic mass is 10.1. The van der Waals surface area contributed by atoms with E-state index in [4.69, 9.17) is 32.9 Å². The van der Waals surface area contributed by atoms with Crippen LogP contribution in [-0.4, -0.2) is 5.91 Å². The number of carbonyl (C=O) groups is 1. The van der Waals surface area contributed by atoms with Gasteiger partial charge in [0.15, 0.2) is 0 Å². The van der Waals surface area contributed by atoms with Crippen molar-refractivity contribution in [3.8, 4) is 17.4 Å². The molecule has 3 rings (SSSR count). The van der Waals surface area contributed by atoms with E-state index in [0.717, 1.165) is 11.1 Å². The Morgan fingerprint density at radius 1 is 1.11 bits per heavy atom. The zero-order chi connectivity index (χ0) is 19.2. The molecule has 1 aromatic heterocycles. The molecule has 0 fully saturated rings. The Kier molecular flexibility index (Phi) is 5.97. The molecule has 0 saturated heterocycles. The molecule has 27 heavy (non-hydrogen) atoms. The van der Waals surface area contributed by atoms with Gasteiger partial charge < -0.3 is 9.73 Å². The predicted molar refractivity (Wildman–Crippen MR) is 108 cm³/mol. The van der Waals surface area contributed by atoms with E-state index in [0.29, 0.717) is 33.7 Å². The van der Waals surface area contributed by atoms with Crippen molar-refractivity contribution in [1.29, 1.82) is 5.26 Å². The number of amides is 1. The van der Waals surface area contributed by atoms with Crippen LogP contribution in [0.2, 0.25) is 10.0 Å². The molecule has 0 aliphatic carbocycles. The second kappa shape index (κ2) is 8.59. The Morgan fingerprint density at radius 3 is 2.59 bits per heavy atom. The minimum Gasteiger partial charge on any atom is -0.457 e. The molecule has 0 bridgehead atoms. The van der Waals surface area contributed by atoms with Gasteiger partial charge in [-0.3, -0.25) is 4.79 Å². The van der Waals surface area contributed by atoms with Crippen molar-refractivity contribution in [2.24, 2.45) is 0 Å². The molecular formula is C21H14Cl2N2O2. The second-order valence-corrected chi connectivity index (χ2v) is 6.52. The highest BCUT2D eigenvalue weighted by atomic mass is 35.5. The molecule has 4 nitrogen and oxygen atoms in total. The van der Waals surface area contributed by atoms with Crippen LogP contribution in [0.3, 0.4) is 0 Å². The van der Waals surface area contributed by atoms with Crippen LogP contribution >= 0.6 is 23.2 Å². The number of benzene rings is 2. The van der Waals surface area contributed by atoms with Crippen molar-refractivity contribution in [3.05, 3.63) is 82.0 Å². The van der Waals surface area contributed by atoms with Crippen LogP contribution in [0.25, 0.3) is 17.4 Å². The fourth-order valence-corrected chi connectivity index (χ4v) is 2.92. The Bertz CT molecular complexity index is 1030. The van der Waals surface area contributed by atoms with Gasteiger partial charge in [-0.15, -0.1) is 0 Å². The summed E-state index contributed by atoms with van der Waals surface area (Å²) in [7, 11) is 0. The van der Waals surface area contributed by atoms with Crippen LogP contribution in [0.1, 0.15) is 11.3 Å². The number of nitrogens with one attached hydrogen (secondary N) is 1. The van der Waals surface area contributed by atoms with Crippen LogP contribution in [-0.2, 0) is 11.2 Å². The molecule has 1 N–H and O–H groups in total. The van der Waals surface area contributed by atoms with Gasteiger partial charge in [0.25, 0.3) is 0 Å². The van der Waals surface area contributed by atoms with Gasteiger partial charge in [-0.25, -0.2) is 0 Å². The molecule has 2 aromatic carbocycles. The van der Waals surface area contributed by atoms with E-state index < -0.39 is 0 Å². The van der Waals surface area contributed by atoms with Gasteiger partial charge in [0.2, 0.25) is 5.91 Å². The fraction of sp³-hybridized carbons (Fsp3) is 0.0476. The van der Waals surface area contributed by atoms with Crippen molar-refractivity contribution in [2.45, 2.75) is 6.42 Å². The van der Waals surface area contributed by atoms with Gasteiger partial charge in [0.1, 0.15) is 11.5 Å². The summed E-state index contributed by atoms with van der Waals surface area (Å²) in [4.78, 5) is 12.0. The molecule has 6 heteroatoms. The SMILES string of the molecule is N#CCc1ccc(NC(=O)/C=C/c2ccc(-c3ccc(Cl)cc3Cl)o2)cc1. The molecule has 0 unspecified atom stereocenters. The van der Waals surface area contributed by atoms with Gasteiger partial charge >= 0.3 is 0 Å². The maximum absolute atomic E-state index is 12.0. The van der Waals surface area contributed by atoms with Crippen molar-refractivity contribution in [2.75, 3.05) is 5.32 Å². The maximum Gasteiger partial charge on any atom is 0.248 e. The Hall–Kier alpha value is -3.00. The summed E-state index contributed by atoms with van der Waals surface area (Å²) in [5.74, 6) is 0.825. The Labute approximate surface area is 166 Å². The lowest BCUT2D eigenvalue weighted by Gasteiger charge is -2.02. The van der Waals surface area contributed by atoms with Crippen LogP contribution in [0, 0.1) is 11.3 Å². The summed E-state index contributed by atoms with van der Waals surface area (Å²) >= 11 is 12.1. The molecular weight excluding hydrogens is 383 g/mol. The smallest absolute Gasteiger partial charge is 0.248 e. The van der Waals surface area contributed by atoms with Gasteiger partial charge in [-0.1, -0.05) is 35.3 Å². The quantitative estimate of drug-likeness (QED) is 0.540. The third kappa shape index (κ3) is 5.01. The third-order valence-electron chi connectivity index (χ3n) is 3.73. The standard InChI is InChI=1S/C21H14Cl2N2O2/c22-15-3-8-18(19(23)13-15)20-9-6-17(27-20)7-10-21(26)25-16-4-1-14(2-5-16)11-12-24/h1-10,13H,11H2,(H,25,26)/b10-7+. The fourth-order valence-electron chi connectivity index (χ4n) is 2.42. The number of anilines is 1. The number of furan rings is 1. The molecule has 134 valence electrons. The largest absolute Gasteiger partial charge is 0.457 e. The lowest BCUT2D eigenvalue weighted by molar-refractivity contribution is -0.111. The molecule has 0 aliphatic rings. The highest BCUT2D eigenvalue weighted by Crippen LogP contribution is 2.31. The zero-order valence-electron chi connectivity index (χ0n) is 14.1. The summed E-state index contributed by atoms with van der Waals surface area (Å²) in [6.45, 7) is 0. The first-order chi connectivity index (χ1) is 13.0. The first-order valence-corrected chi connectivity index (χ1v) is 8.81. The predicted octanol–water partition coefficient (Wildman–Crippen LogP) is 5.97. The van der Waals surface area contributed by atoms with E-state index >= 15 is 0 Å². The van der Waals surface area contributed by atoms with E-state index in [1.165, 1.54) is 6.08 Å². The molecule has 0 spiro atoms. The first kappa shape index (κ1) is 18.8. The topological polar surface area (TPSA) is 66.0 Å². The van der Waals surface area contributed by atoms with Gasteiger partial charge in [-0.05, 0) is 54.1 Å². The average Bonchev–Trinajstić information content (AvgIpc) is 3.10. The van der Waals surface area contributed by atoms with Crippen LogP contribution in [0.5, 0.6) is 0 Å². The maximum atomic E-state index is 12.0. The molecule has 1 amide bonds. The third-order valence-corrected chi connectivity index (χ3v) is 4.27. The first-order valence-electron chi connectivity index (χ1n) is 8.05. The number of halogens is 2. The molecule has 1 heterocycles. The summed E-state index contributed by atoms with van der Waals surface area (Å²) in [6.07, 6.45) is 3.30. The van der Waals surface area contributed by atoms with Gasteiger partial charge in [0, 0.05) is 22.3 Å². The number of carbonyl (C=O) groups excluding carboxylic acids is 1. The normalized spacial score (nSPS) is 10.7. The number of rotatable bonds is 5. The molecule has 3 aromatic rings. The van der Waals surface area contributed by atoms with E-state index in [1.54, 1.807) is 60.7 Å². The molecule has 0 atom stereocenters. The van der Waals surface area contributed by atoms with E-state index in [9.17, 15) is 4.79 Å². The number of hydrogen-bond donors (Lipinski definition) is 1. The highest BCUT2D eigenvalue weighted by Gasteiger charge is 2.08. The summed E-state index contributed by atoms with van der Waals surface area (Å²) in [5, 5.41) is 12.5. The minimum absolute atomic E-state index is 0.287. The Balaban J connectivity index is 1.65. The average molecular weight is 397 g/mol. The summed E-state index contributed by atoms with van der Waals surface area (Å²) in [5.41, 5.74) is 2.28. The Morgan fingerprint density at radius 2 is 1.89 bits per heavy atom. The van der Waals surface area contributed by atoms with E-state index in [-0.39, 0.29) is 5.91 Å². The van der Waals surface area contributed by atoms with Gasteiger partial charge in [0.05, 0.1) is 17.5 Å². The van der Waals surface area contributed by atoms with Crippen molar-refractivity contribution >= 4 is 40.9 Å². The number of nitrogens with zero attached hydrogens (tertiary/aromatic N) is 1. The second-order valence-electron chi connectivity index (χ2n) is 5.68. The minimum atomic E-state index is -0.287. The summed E-state index contributed by atoms with van der Waals surface area (Å²) in [6, 6.07) is 17.9. The van der Waals surface area contributed by atoms with Crippen LogP contribution < -0.4 is 5.32 Å². The zero-order valence-corrected chi connectivity index (χ0v) is 15.6. The molecule has 0 saturated carbocycles. The number of hydrogen-bond acceptors (Lipinski definition) is 3. The monoisotopic (exact) mass is 396 g/mol. The van der Waals surface area contributed by atoms with E-state index in [2.05, 4.69) is 11.4 Å². The van der Waals surface area contributed by atoms with Crippen molar-refractivity contribution in [1.82, 2.24) is 0 Å². The summed E-state index contributed by atoms with van der Waals surface area (Å²) < 4.78 is 5.71.